The lowest BCUT2D eigenvalue weighted by Gasteiger charge is -2.12. The summed E-state index contributed by atoms with van der Waals surface area (Å²) in [5.41, 5.74) is 1.60. The molecular formula is C17H17ClN2O4. The van der Waals surface area contributed by atoms with Gasteiger partial charge in [-0.3, -0.25) is 9.59 Å². The van der Waals surface area contributed by atoms with Crippen LogP contribution in [0.4, 0.5) is 11.4 Å². The first-order valence-electron chi connectivity index (χ1n) is 7.05. The average Bonchev–Trinajstić information content (AvgIpc) is 2.57. The SMILES string of the molecule is COc1ccc(OC)c(NC(=O)C(=O)Nc2cc(Cl)ccc2C)c1. The summed E-state index contributed by atoms with van der Waals surface area (Å²) < 4.78 is 10.3. The van der Waals surface area contributed by atoms with E-state index < -0.39 is 11.8 Å². The minimum absolute atomic E-state index is 0.333. The molecule has 2 aromatic rings. The first-order valence-corrected chi connectivity index (χ1v) is 7.43. The second-order valence-corrected chi connectivity index (χ2v) is 5.37. The monoisotopic (exact) mass is 348 g/mol. The molecule has 0 heterocycles. The summed E-state index contributed by atoms with van der Waals surface area (Å²) in [6.07, 6.45) is 0. The Morgan fingerprint density at radius 2 is 1.58 bits per heavy atom. The maximum absolute atomic E-state index is 12.1. The third-order valence-corrected chi connectivity index (χ3v) is 3.54. The van der Waals surface area contributed by atoms with Gasteiger partial charge in [0.1, 0.15) is 11.5 Å². The average molecular weight is 349 g/mol. The molecule has 6 nitrogen and oxygen atoms in total. The topological polar surface area (TPSA) is 76.7 Å². The molecule has 24 heavy (non-hydrogen) atoms. The number of nitrogens with one attached hydrogen (secondary N) is 2. The summed E-state index contributed by atoms with van der Waals surface area (Å²) in [5.74, 6) is -0.709. The number of carbonyl (C=O) groups excluding carboxylic acids is 2. The number of rotatable bonds is 4. The molecule has 0 atom stereocenters. The molecule has 2 amide bonds. The van der Waals surface area contributed by atoms with Gasteiger partial charge in [-0.25, -0.2) is 0 Å². The van der Waals surface area contributed by atoms with E-state index in [4.69, 9.17) is 21.1 Å². The molecule has 0 aromatic heterocycles. The predicted octanol–water partition coefficient (Wildman–Crippen LogP) is 3.24. The molecular weight excluding hydrogens is 332 g/mol. The van der Waals surface area contributed by atoms with Crippen molar-refractivity contribution in [2.45, 2.75) is 6.92 Å². The minimum atomic E-state index is -0.832. The van der Waals surface area contributed by atoms with Crippen molar-refractivity contribution < 1.29 is 19.1 Å². The Kier molecular flexibility index (Phi) is 5.65. The van der Waals surface area contributed by atoms with Crippen molar-refractivity contribution in [3.63, 3.8) is 0 Å². The number of amides is 2. The summed E-state index contributed by atoms with van der Waals surface area (Å²) >= 11 is 5.90. The second kappa shape index (κ2) is 7.70. The Bertz CT molecular complexity index is 777. The molecule has 0 unspecified atom stereocenters. The van der Waals surface area contributed by atoms with Crippen LogP contribution in [-0.2, 0) is 9.59 Å². The largest absolute Gasteiger partial charge is 0.497 e. The van der Waals surface area contributed by atoms with Crippen molar-refractivity contribution in [2.75, 3.05) is 24.9 Å². The highest BCUT2D eigenvalue weighted by Crippen LogP contribution is 2.29. The molecule has 0 aliphatic carbocycles. The Morgan fingerprint density at radius 3 is 2.21 bits per heavy atom. The number of carbonyl (C=O) groups is 2. The number of hydrogen-bond donors (Lipinski definition) is 2. The lowest BCUT2D eigenvalue weighted by molar-refractivity contribution is -0.133. The lowest BCUT2D eigenvalue weighted by atomic mass is 10.2. The van der Waals surface area contributed by atoms with Gasteiger partial charge in [-0.2, -0.15) is 0 Å². The highest BCUT2D eigenvalue weighted by Gasteiger charge is 2.17. The highest BCUT2D eigenvalue weighted by atomic mass is 35.5. The van der Waals surface area contributed by atoms with Gasteiger partial charge in [0.2, 0.25) is 0 Å². The van der Waals surface area contributed by atoms with Gasteiger partial charge in [-0.05, 0) is 36.8 Å². The van der Waals surface area contributed by atoms with E-state index >= 15 is 0 Å². The first-order chi connectivity index (χ1) is 11.4. The quantitative estimate of drug-likeness (QED) is 0.831. The van der Waals surface area contributed by atoms with Crippen LogP contribution in [0.25, 0.3) is 0 Å². The zero-order valence-electron chi connectivity index (χ0n) is 13.5. The molecule has 2 rings (SSSR count). The maximum Gasteiger partial charge on any atom is 0.314 e. The molecule has 0 radical (unpaired) electrons. The van der Waals surface area contributed by atoms with Gasteiger partial charge in [0.25, 0.3) is 0 Å². The number of benzene rings is 2. The summed E-state index contributed by atoms with van der Waals surface area (Å²) in [5, 5.41) is 5.49. The molecule has 7 heteroatoms. The van der Waals surface area contributed by atoms with Crippen molar-refractivity contribution in [1.82, 2.24) is 0 Å². The van der Waals surface area contributed by atoms with Crippen LogP contribution >= 0.6 is 11.6 Å². The van der Waals surface area contributed by atoms with Gasteiger partial charge in [0.15, 0.2) is 0 Å². The van der Waals surface area contributed by atoms with Crippen LogP contribution in [0.1, 0.15) is 5.56 Å². The van der Waals surface area contributed by atoms with Crippen LogP contribution in [0.5, 0.6) is 11.5 Å². The van der Waals surface area contributed by atoms with E-state index in [0.29, 0.717) is 27.9 Å². The van der Waals surface area contributed by atoms with Gasteiger partial charge in [0, 0.05) is 16.8 Å². The van der Waals surface area contributed by atoms with Crippen molar-refractivity contribution in [3.8, 4) is 11.5 Å². The van der Waals surface area contributed by atoms with Gasteiger partial charge >= 0.3 is 11.8 Å². The number of methoxy groups -OCH3 is 2. The van der Waals surface area contributed by atoms with E-state index in [9.17, 15) is 9.59 Å². The summed E-state index contributed by atoms with van der Waals surface area (Å²) in [4.78, 5) is 24.2. The third-order valence-electron chi connectivity index (χ3n) is 3.31. The van der Waals surface area contributed by atoms with Gasteiger partial charge in [0.05, 0.1) is 19.9 Å². The predicted molar refractivity (Wildman–Crippen MR) is 93.0 cm³/mol. The zero-order valence-corrected chi connectivity index (χ0v) is 14.2. The molecule has 0 spiro atoms. The smallest absolute Gasteiger partial charge is 0.314 e. The fourth-order valence-corrected chi connectivity index (χ4v) is 2.17. The van der Waals surface area contributed by atoms with Crippen LogP contribution in [0, 0.1) is 6.92 Å². The van der Waals surface area contributed by atoms with Crippen molar-refractivity contribution >= 4 is 34.8 Å². The van der Waals surface area contributed by atoms with E-state index in [2.05, 4.69) is 10.6 Å². The minimum Gasteiger partial charge on any atom is -0.497 e. The number of anilines is 2. The van der Waals surface area contributed by atoms with Crippen LogP contribution < -0.4 is 20.1 Å². The highest BCUT2D eigenvalue weighted by molar-refractivity contribution is 6.44. The van der Waals surface area contributed by atoms with Gasteiger partial charge in [-0.1, -0.05) is 17.7 Å². The third kappa shape index (κ3) is 4.17. The van der Waals surface area contributed by atoms with Crippen molar-refractivity contribution in [3.05, 3.63) is 47.0 Å². The Balaban J connectivity index is 2.14. The molecule has 0 bridgehead atoms. The number of ether oxygens (including phenoxy) is 2. The normalized spacial score (nSPS) is 10.0. The number of aryl methyl sites for hydroxylation is 1. The van der Waals surface area contributed by atoms with Gasteiger partial charge in [-0.15, -0.1) is 0 Å². The van der Waals surface area contributed by atoms with E-state index in [1.54, 1.807) is 43.3 Å². The fourth-order valence-electron chi connectivity index (χ4n) is 2.00. The first kappa shape index (κ1) is 17.6. The molecule has 0 saturated heterocycles. The van der Waals surface area contributed by atoms with Crippen LogP contribution in [-0.4, -0.2) is 26.0 Å². The molecule has 126 valence electrons. The molecule has 0 aliphatic heterocycles. The summed E-state index contributed by atoms with van der Waals surface area (Å²) in [6.45, 7) is 1.80. The Hall–Kier alpha value is -2.73. The lowest BCUT2D eigenvalue weighted by Crippen LogP contribution is -2.29. The van der Waals surface area contributed by atoms with Crippen LogP contribution in [0.15, 0.2) is 36.4 Å². The molecule has 2 N–H and O–H groups in total. The van der Waals surface area contributed by atoms with E-state index in [-0.39, 0.29) is 0 Å². The summed E-state index contributed by atoms with van der Waals surface area (Å²) in [6, 6.07) is 9.91. The Morgan fingerprint density at radius 1 is 0.917 bits per heavy atom. The molecule has 2 aromatic carbocycles. The van der Waals surface area contributed by atoms with Crippen LogP contribution in [0.2, 0.25) is 5.02 Å². The van der Waals surface area contributed by atoms with Crippen LogP contribution in [0.3, 0.4) is 0 Å². The van der Waals surface area contributed by atoms with Crippen molar-refractivity contribution in [2.24, 2.45) is 0 Å². The van der Waals surface area contributed by atoms with Crippen molar-refractivity contribution in [1.29, 1.82) is 0 Å². The number of hydrogen-bond acceptors (Lipinski definition) is 4. The van der Waals surface area contributed by atoms with E-state index in [1.807, 2.05) is 0 Å². The number of halogens is 1. The molecule has 0 aliphatic rings. The maximum atomic E-state index is 12.1. The fraction of sp³-hybridized carbons (Fsp3) is 0.176. The Labute approximate surface area is 144 Å². The van der Waals surface area contributed by atoms with E-state index in [0.717, 1.165) is 5.56 Å². The van der Waals surface area contributed by atoms with E-state index in [1.165, 1.54) is 14.2 Å². The zero-order chi connectivity index (χ0) is 17.7. The van der Waals surface area contributed by atoms with Gasteiger partial charge < -0.3 is 20.1 Å². The molecule has 0 fully saturated rings. The molecule has 0 saturated carbocycles. The second-order valence-electron chi connectivity index (χ2n) is 4.93. The summed E-state index contributed by atoms with van der Waals surface area (Å²) in [7, 11) is 2.97. The standard InChI is InChI=1S/C17H17ClN2O4/c1-10-4-5-11(18)8-13(10)19-16(21)17(22)20-14-9-12(23-2)6-7-15(14)24-3/h4-9H,1-3H3,(H,19,21)(H,20,22).